The third kappa shape index (κ3) is 2.37. The summed E-state index contributed by atoms with van der Waals surface area (Å²) in [6.07, 6.45) is 5.25. The van der Waals surface area contributed by atoms with Crippen molar-refractivity contribution in [2.24, 2.45) is 0 Å². The third-order valence-corrected chi connectivity index (χ3v) is 4.16. The highest BCUT2D eigenvalue weighted by Crippen LogP contribution is 2.30. The van der Waals surface area contributed by atoms with Crippen LogP contribution in [0.3, 0.4) is 0 Å². The van der Waals surface area contributed by atoms with Gasteiger partial charge >= 0.3 is 0 Å². The van der Waals surface area contributed by atoms with Crippen LogP contribution in [0, 0.1) is 0 Å². The molecule has 2 N–H and O–H groups in total. The van der Waals surface area contributed by atoms with Crippen LogP contribution < -0.4 is 10.9 Å². The Hall–Kier alpha value is -0.880. The zero-order valence-corrected chi connectivity index (χ0v) is 11.0. The van der Waals surface area contributed by atoms with Crippen molar-refractivity contribution in [1.29, 1.82) is 0 Å². The van der Waals surface area contributed by atoms with Gasteiger partial charge < -0.3 is 10.3 Å². The van der Waals surface area contributed by atoms with Crippen LogP contribution in [0.25, 0.3) is 0 Å². The molecule has 1 aromatic heterocycles. The second kappa shape index (κ2) is 4.42. The normalized spacial score (nSPS) is 25.1. The summed E-state index contributed by atoms with van der Waals surface area (Å²) in [7, 11) is 0. The van der Waals surface area contributed by atoms with E-state index >= 15 is 0 Å². The molecule has 17 heavy (non-hydrogen) atoms. The van der Waals surface area contributed by atoms with Crippen molar-refractivity contribution >= 4 is 21.7 Å². The minimum Gasteiger partial charge on any atom is -0.365 e. The van der Waals surface area contributed by atoms with Crippen LogP contribution in [0.5, 0.6) is 0 Å². The summed E-state index contributed by atoms with van der Waals surface area (Å²) >= 11 is 3.26. The Balaban J connectivity index is 1.67. The molecule has 1 aliphatic carbocycles. The summed E-state index contributed by atoms with van der Waals surface area (Å²) in [6.45, 7) is 2.22. The molecule has 0 bridgehead atoms. The van der Waals surface area contributed by atoms with Gasteiger partial charge in [-0.3, -0.25) is 9.69 Å². The molecular weight excluding hydrogens is 284 g/mol. The molecular formula is C11H15BrN4O. The Morgan fingerprint density at radius 3 is 3.06 bits per heavy atom. The smallest absolute Gasteiger partial charge is 0.267 e. The van der Waals surface area contributed by atoms with E-state index in [0.29, 0.717) is 16.3 Å². The standard InChI is InChI=1S/C11H15BrN4O/c12-9-10(13-6-14-11(9)17)15-7-3-4-16(5-7)8-1-2-8/h6-8H,1-5H2,(H2,13,14,15,17). The topological polar surface area (TPSA) is 61.0 Å². The third-order valence-electron chi connectivity index (χ3n) is 3.42. The van der Waals surface area contributed by atoms with E-state index in [1.807, 2.05) is 0 Å². The Morgan fingerprint density at radius 2 is 2.29 bits per heavy atom. The fourth-order valence-electron chi connectivity index (χ4n) is 2.35. The van der Waals surface area contributed by atoms with E-state index in [2.05, 4.69) is 36.1 Å². The number of halogens is 1. The Bertz CT molecular complexity index is 471. The Labute approximate surface area is 108 Å². The predicted octanol–water partition coefficient (Wildman–Crippen LogP) is 1.18. The van der Waals surface area contributed by atoms with Crippen molar-refractivity contribution < 1.29 is 0 Å². The zero-order chi connectivity index (χ0) is 11.8. The van der Waals surface area contributed by atoms with Crippen molar-refractivity contribution in [3.63, 3.8) is 0 Å². The summed E-state index contributed by atoms with van der Waals surface area (Å²) in [5.74, 6) is 0.649. The summed E-state index contributed by atoms with van der Waals surface area (Å²) in [6, 6.07) is 1.22. The molecule has 1 aliphatic heterocycles. The fraction of sp³-hybridized carbons (Fsp3) is 0.636. The average molecular weight is 299 g/mol. The van der Waals surface area contributed by atoms with E-state index < -0.39 is 0 Å². The number of hydrogen-bond donors (Lipinski definition) is 2. The van der Waals surface area contributed by atoms with Crippen molar-refractivity contribution in [1.82, 2.24) is 14.9 Å². The van der Waals surface area contributed by atoms with E-state index in [1.54, 1.807) is 0 Å². The number of anilines is 1. The van der Waals surface area contributed by atoms with Gasteiger partial charge in [0.25, 0.3) is 5.56 Å². The first-order chi connectivity index (χ1) is 8.24. The molecule has 6 heteroatoms. The molecule has 3 rings (SSSR count). The number of nitrogens with one attached hydrogen (secondary N) is 2. The largest absolute Gasteiger partial charge is 0.365 e. The van der Waals surface area contributed by atoms with Gasteiger partial charge in [-0.15, -0.1) is 0 Å². The lowest BCUT2D eigenvalue weighted by molar-refractivity contribution is 0.326. The van der Waals surface area contributed by atoms with Crippen LogP contribution >= 0.6 is 15.9 Å². The monoisotopic (exact) mass is 298 g/mol. The van der Waals surface area contributed by atoms with E-state index in [0.717, 1.165) is 25.6 Å². The van der Waals surface area contributed by atoms with Crippen molar-refractivity contribution in [3.8, 4) is 0 Å². The fourth-order valence-corrected chi connectivity index (χ4v) is 2.68. The van der Waals surface area contributed by atoms with E-state index in [1.165, 1.54) is 19.2 Å². The number of likely N-dealkylation sites (tertiary alicyclic amines) is 1. The molecule has 0 radical (unpaired) electrons. The molecule has 5 nitrogen and oxygen atoms in total. The van der Waals surface area contributed by atoms with Crippen molar-refractivity contribution in [3.05, 3.63) is 21.2 Å². The summed E-state index contributed by atoms with van der Waals surface area (Å²) in [5, 5.41) is 3.34. The SMILES string of the molecule is O=c1[nH]cnc(NC2CCN(C3CC3)C2)c1Br. The van der Waals surface area contributed by atoms with Crippen molar-refractivity contribution in [2.75, 3.05) is 18.4 Å². The van der Waals surface area contributed by atoms with Crippen LogP contribution in [-0.4, -0.2) is 40.0 Å². The first-order valence-electron chi connectivity index (χ1n) is 5.98. The van der Waals surface area contributed by atoms with E-state index in [9.17, 15) is 4.79 Å². The molecule has 1 unspecified atom stereocenters. The van der Waals surface area contributed by atoms with Crippen LogP contribution in [-0.2, 0) is 0 Å². The molecule has 0 amide bonds. The molecule has 1 saturated carbocycles. The Morgan fingerprint density at radius 1 is 1.47 bits per heavy atom. The molecule has 1 atom stereocenters. The number of H-pyrrole nitrogens is 1. The first kappa shape index (κ1) is 11.2. The summed E-state index contributed by atoms with van der Waals surface area (Å²) < 4.78 is 0.491. The maximum atomic E-state index is 11.4. The average Bonchev–Trinajstić information content (AvgIpc) is 3.06. The van der Waals surface area contributed by atoms with Gasteiger partial charge in [0.1, 0.15) is 10.3 Å². The molecule has 2 fully saturated rings. The number of rotatable bonds is 3. The summed E-state index contributed by atoms with van der Waals surface area (Å²) in [4.78, 5) is 20.6. The van der Waals surface area contributed by atoms with Gasteiger partial charge in [-0.2, -0.15) is 0 Å². The van der Waals surface area contributed by atoms with Gasteiger partial charge in [-0.05, 0) is 35.2 Å². The van der Waals surface area contributed by atoms with Gasteiger partial charge in [-0.25, -0.2) is 4.98 Å². The minimum atomic E-state index is -0.139. The molecule has 0 spiro atoms. The maximum absolute atomic E-state index is 11.4. The van der Waals surface area contributed by atoms with Crippen LogP contribution in [0.2, 0.25) is 0 Å². The van der Waals surface area contributed by atoms with Crippen LogP contribution in [0.15, 0.2) is 15.6 Å². The minimum absolute atomic E-state index is 0.139. The molecule has 2 heterocycles. The second-order valence-electron chi connectivity index (χ2n) is 4.75. The lowest BCUT2D eigenvalue weighted by atomic mass is 10.2. The summed E-state index contributed by atoms with van der Waals surface area (Å²) in [5.41, 5.74) is -0.139. The highest BCUT2D eigenvalue weighted by atomic mass is 79.9. The quantitative estimate of drug-likeness (QED) is 0.880. The molecule has 1 aromatic rings. The molecule has 0 aromatic carbocycles. The number of nitrogens with zero attached hydrogens (tertiary/aromatic N) is 2. The van der Waals surface area contributed by atoms with Gasteiger partial charge in [0.2, 0.25) is 0 Å². The Kier molecular flexibility index (Phi) is 2.92. The second-order valence-corrected chi connectivity index (χ2v) is 5.54. The highest BCUT2D eigenvalue weighted by Gasteiger charge is 2.34. The maximum Gasteiger partial charge on any atom is 0.267 e. The van der Waals surface area contributed by atoms with Gasteiger partial charge in [0.15, 0.2) is 0 Å². The molecule has 1 saturated heterocycles. The zero-order valence-electron chi connectivity index (χ0n) is 9.45. The lowest BCUT2D eigenvalue weighted by Crippen LogP contribution is -2.28. The van der Waals surface area contributed by atoms with Gasteiger partial charge in [0, 0.05) is 25.2 Å². The van der Waals surface area contributed by atoms with E-state index in [-0.39, 0.29) is 5.56 Å². The predicted molar refractivity (Wildman–Crippen MR) is 69.2 cm³/mol. The molecule has 92 valence electrons. The van der Waals surface area contributed by atoms with E-state index in [4.69, 9.17) is 0 Å². The number of aromatic nitrogens is 2. The molecule has 2 aliphatic rings. The van der Waals surface area contributed by atoms with Crippen LogP contribution in [0.1, 0.15) is 19.3 Å². The lowest BCUT2D eigenvalue weighted by Gasteiger charge is -2.16. The van der Waals surface area contributed by atoms with Gasteiger partial charge in [0.05, 0.1) is 6.33 Å². The number of hydrogen-bond acceptors (Lipinski definition) is 4. The first-order valence-corrected chi connectivity index (χ1v) is 6.77. The number of aromatic amines is 1. The highest BCUT2D eigenvalue weighted by molar-refractivity contribution is 9.10. The van der Waals surface area contributed by atoms with Gasteiger partial charge in [-0.1, -0.05) is 0 Å². The van der Waals surface area contributed by atoms with Crippen LogP contribution in [0.4, 0.5) is 5.82 Å². The van der Waals surface area contributed by atoms with Crippen molar-refractivity contribution in [2.45, 2.75) is 31.3 Å².